The Kier molecular flexibility index (Phi) is 1.70. The Bertz CT molecular complexity index is 477. The molecular weight excluding hydrogens is 194 g/mol. The van der Waals surface area contributed by atoms with Crippen LogP contribution in [-0.4, -0.2) is 16.1 Å². The normalized spacial score (nSPS) is 10.5. The molecule has 5 heteroatoms. The van der Waals surface area contributed by atoms with E-state index in [1.54, 1.807) is 12.1 Å². The SMILES string of the molecule is O=C(O)c1cccc2oc(Cl)nc12. The maximum atomic E-state index is 10.7. The third-order valence-corrected chi connectivity index (χ3v) is 1.78. The van der Waals surface area contributed by atoms with Crippen LogP contribution in [0.4, 0.5) is 0 Å². The number of para-hydroxylation sites is 1. The molecule has 1 aromatic carbocycles. The van der Waals surface area contributed by atoms with Crippen molar-refractivity contribution in [3.8, 4) is 0 Å². The highest BCUT2D eigenvalue weighted by Gasteiger charge is 2.12. The van der Waals surface area contributed by atoms with Crippen LogP contribution in [0.5, 0.6) is 0 Å². The largest absolute Gasteiger partial charge is 0.478 e. The van der Waals surface area contributed by atoms with Crippen LogP contribution in [0.15, 0.2) is 22.6 Å². The van der Waals surface area contributed by atoms with E-state index in [1.165, 1.54) is 6.07 Å². The second kappa shape index (κ2) is 2.74. The molecule has 0 aliphatic carbocycles. The highest BCUT2D eigenvalue weighted by Crippen LogP contribution is 2.21. The van der Waals surface area contributed by atoms with Gasteiger partial charge in [0.1, 0.15) is 5.52 Å². The van der Waals surface area contributed by atoms with Gasteiger partial charge in [0.05, 0.1) is 5.56 Å². The quantitative estimate of drug-likeness (QED) is 0.761. The van der Waals surface area contributed by atoms with Crippen molar-refractivity contribution < 1.29 is 14.3 Å². The van der Waals surface area contributed by atoms with Crippen molar-refractivity contribution >= 4 is 28.7 Å². The van der Waals surface area contributed by atoms with Crippen molar-refractivity contribution in [2.75, 3.05) is 0 Å². The Hall–Kier alpha value is -1.55. The summed E-state index contributed by atoms with van der Waals surface area (Å²) in [4.78, 5) is 14.5. The molecule has 0 saturated heterocycles. The Labute approximate surface area is 77.8 Å². The number of benzene rings is 1. The molecule has 13 heavy (non-hydrogen) atoms. The summed E-state index contributed by atoms with van der Waals surface area (Å²) in [5.74, 6) is -1.05. The predicted molar refractivity (Wildman–Crippen MR) is 46.0 cm³/mol. The zero-order chi connectivity index (χ0) is 9.42. The molecule has 66 valence electrons. The fourth-order valence-corrected chi connectivity index (χ4v) is 1.26. The molecule has 0 atom stereocenters. The van der Waals surface area contributed by atoms with Gasteiger partial charge in [-0.15, -0.1) is 0 Å². The highest BCUT2D eigenvalue weighted by molar-refractivity contribution is 6.28. The summed E-state index contributed by atoms with van der Waals surface area (Å²) in [6, 6.07) is 4.64. The third-order valence-electron chi connectivity index (χ3n) is 1.62. The summed E-state index contributed by atoms with van der Waals surface area (Å²) in [5.41, 5.74) is 0.748. The summed E-state index contributed by atoms with van der Waals surface area (Å²) in [5, 5.41) is 8.72. The molecular formula is C8H4ClNO3. The number of nitrogens with zero attached hydrogens (tertiary/aromatic N) is 1. The van der Waals surface area contributed by atoms with Crippen molar-refractivity contribution in [2.24, 2.45) is 0 Å². The molecule has 0 bridgehead atoms. The molecule has 0 amide bonds. The van der Waals surface area contributed by atoms with Gasteiger partial charge in [0.15, 0.2) is 5.58 Å². The van der Waals surface area contributed by atoms with Gasteiger partial charge in [-0.3, -0.25) is 0 Å². The second-order valence-corrected chi connectivity index (χ2v) is 2.75. The number of aromatic nitrogens is 1. The highest BCUT2D eigenvalue weighted by atomic mass is 35.5. The molecule has 0 aliphatic heterocycles. The molecule has 0 radical (unpaired) electrons. The number of halogens is 1. The number of rotatable bonds is 1. The van der Waals surface area contributed by atoms with E-state index < -0.39 is 5.97 Å². The van der Waals surface area contributed by atoms with Crippen molar-refractivity contribution in [1.29, 1.82) is 0 Å². The van der Waals surface area contributed by atoms with Crippen LogP contribution in [0.1, 0.15) is 10.4 Å². The zero-order valence-electron chi connectivity index (χ0n) is 6.32. The van der Waals surface area contributed by atoms with Gasteiger partial charge in [-0.1, -0.05) is 6.07 Å². The van der Waals surface area contributed by atoms with Crippen molar-refractivity contribution in [3.63, 3.8) is 0 Å². The van der Waals surface area contributed by atoms with Crippen LogP contribution in [0.3, 0.4) is 0 Å². The first-order valence-electron chi connectivity index (χ1n) is 3.47. The number of carboxylic acid groups (broad SMARTS) is 1. The minimum atomic E-state index is -1.05. The molecule has 0 aliphatic rings. The van der Waals surface area contributed by atoms with E-state index in [-0.39, 0.29) is 16.4 Å². The zero-order valence-corrected chi connectivity index (χ0v) is 7.08. The van der Waals surface area contributed by atoms with Gasteiger partial charge in [0.2, 0.25) is 0 Å². The summed E-state index contributed by atoms with van der Waals surface area (Å²) in [6.07, 6.45) is 0. The van der Waals surface area contributed by atoms with E-state index in [2.05, 4.69) is 4.98 Å². The minimum absolute atomic E-state index is 0.0521. The van der Waals surface area contributed by atoms with Gasteiger partial charge in [-0.05, 0) is 23.7 Å². The van der Waals surface area contributed by atoms with Crippen LogP contribution < -0.4 is 0 Å². The lowest BCUT2D eigenvalue weighted by atomic mass is 10.2. The fourth-order valence-electron chi connectivity index (χ4n) is 1.09. The molecule has 1 N–H and O–H groups in total. The summed E-state index contributed by atoms with van der Waals surface area (Å²) >= 11 is 5.49. The molecule has 0 saturated carbocycles. The van der Waals surface area contributed by atoms with Gasteiger partial charge < -0.3 is 9.52 Å². The minimum Gasteiger partial charge on any atom is -0.478 e. The van der Waals surface area contributed by atoms with E-state index in [1.807, 2.05) is 0 Å². The first kappa shape index (κ1) is 8.07. The molecule has 4 nitrogen and oxygen atoms in total. The Morgan fingerprint density at radius 3 is 3.00 bits per heavy atom. The average molecular weight is 198 g/mol. The van der Waals surface area contributed by atoms with Crippen LogP contribution >= 0.6 is 11.6 Å². The average Bonchev–Trinajstić information content (AvgIpc) is 2.43. The summed E-state index contributed by atoms with van der Waals surface area (Å²) in [7, 11) is 0. The molecule has 1 heterocycles. The maximum absolute atomic E-state index is 10.7. The standard InChI is InChI=1S/C8H4ClNO3/c9-8-10-6-4(7(11)12)2-1-3-5(6)13-8/h1-3H,(H,11,12). The third kappa shape index (κ3) is 1.25. The lowest BCUT2D eigenvalue weighted by Gasteiger charge is -1.92. The van der Waals surface area contributed by atoms with Gasteiger partial charge in [-0.2, -0.15) is 4.98 Å². The topological polar surface area (TPSA) is 63.3 Å². The van der Waals surface area contributed by atoms with E-state index in [0.29, 0.717) is 5.58 Å². The summed E-state index contributed by atoms with van der Waals surface area (Å²) < 4.78 is 4.95. The number of aromatic carboxylic acids is 1. The monoisotopic (exact) mass is 197 g/mol. The van der Waals surface area contributed by atoms with Crippen molar-refractivity contribution in [2.45, 2.75) is 0 Å². The smallest absolute Gasteiger partial charge is 0.338 e. The van der Waals surface area contributed by atoms with Crippen LogP contribution in [0.2, 0.25) is 5.35 Å². The molecule has 0 spiro atoms. The van der Waals surface area contributed by atoms with Crippen molar-refractivity contribution in [1.82, 2.24) is 4.98 Å². The van der Waals surface area contributed by atoms with Gasteiger partial charge in [0, 0.05) is 0 Å². The number of carboxylic acids is 1. The molecule has 0 fully saturated rings. The Morgan fingerprint density at radius 2 is 2.31 bits per heavy atom. The van der Waals surface area contributed by atoms with Gasteiger partial charge >= 0.3 is 5.97 Å². The number of carbonyl (C=O) groups is 1. The molecule has 0 unspecified atom stereocenters. The first-order valence-corrected chi connectivity index (χ1v) is 3.84. The van der Waals surface area contributed by atoms with E-state index in [4.69, 9.17) is 21.1 Å². The van der Waals surface area contributed by atoms with E-state index >= 15 is 0 Å². The number of hydrogen-bond acceptors (Lipinski definition) is 3. The van der Waals surface area contributed by atoms with Gasteiger partial charge in [-0.25, -0.2) is 4.79 Å². The molecule has 1 aromatic heterocycles. The Morgan fingerprint density at radius 1 is 1.54 bits per heavy atom. The van der Waals surface area contributed by atoms with Crippen LogP contribution in [0, 0.1) is 0 Å². The number of fused-ring (bicyclic) bond motifs is 1. The molecule has 2 rings (SSSR count). The predicted octanol–water partition coefficient (Wildman–Crippen LogP) is 2.18. The van der Waals surface area contributed by atoms with Crippen LogP contribution in [-0.2, 0) is 0 Å². The fraction of sp³-hybridized carbons (Fsp3) is 0. The number of oxazole rings is 1. The van der Waals surface area contributed by atoms with Gasteiger partial charge in [0.25, 0.3) is 5.35 Å². The van der Waals surface area contributed by atoms with E-state index in [9.17, 15) is 4.79 Å². The molecule has 2 aromatic rings. The Balaban J connectivity index is 2.82. The lowest BCUT2D eigenvalue weighted by molar-refractivity contribution is 0.0699. The summed E-state index contributed by atoms with van der Waals surface area (Å²) in [6.45, 7) is 0. The van der Waals surface area contributed by atoms with Crippen molar-refractivity contribution in [3.05, 3.63) is 29.1 Å². The van der Waals surface area contributed by atoms with Crippen LogP contribution in [0.25, 0.3) is 11.1 Å². The second-order valence-electron chi connectivity index (χ2n) is 2.42. The lowest BCUT2D eigenvalue weighted by Crippen LogP contribution is -1.96. The van der Waals surface area contributed by atoms with E-state index in [0.717, 1.165) is 0 Å². The first-order chi connectivity index (χ1) is 6.18. The number of hydrogen-bond donors (Lipinski definition) is 1. The maximum Gasteiger partial charge on any atom is 0.338 e.